The standard InChI is InChI=1S/C14H14ClIN2O2/c1-19-8-10-11(16)13(15)18-14(17-10)12(20-2)9-6-4-3-5-7-9/h3-7,12H,8H2,1-2H3. The normalized spacial score (nSPS) is 12.4. The molecule has 106 valence electrons. The predicted molar refractivity (Wildman–Crippen MR) is 85.8 cm³/mol. The minimum Gasteiger partial charge on any atom is -0.378 e. The molecule has 0 saturated heterocycles. The third-order valence-electron chi connectivity index (χ3n) is 2.75. The van der Waals surface area contributed by atoms with Crippen LogP contribution in [0.15, 0.2) is 30.3 Å². The number of methoxy groups -OCH3 is 2. The molecule has 0 fully saturated rings. The van der Waals surface area contributed by atoms with Gasteiger partial charge in [-0.2, -0.15) is 0 Å². The third kappa shape index (κ3) is 3.46. The summed E-state index contributed by atoms with van der Waals surface area (Å²) in [5.41, 5.74) is 1.75. The van der Waals surface area contributed by atoms with Gasteiger partial charge in [0.05, 0.1) is 15.9 Å². The third-order valence-corrected chi connectivity index (χ3v) is 4.48. The van der Waals surface area contributed by atoms with Crippen molar-refractivity contribution in [3.8, 4) is 0 Å². The van der Waals surface area contributed by atoms with Crippen LogP contribution in [0.2, 0.25) is 5.15 Å². The Hall–Kier alpha value is -0.760. The molecule has 1 unspecified atom stereocenters. The molecule has 20 heavy (non-hydrogen) atoms. The Morgan fingerprint density at radius 1 is 1.20 bits per heavy atom. The maximum Gasteiger partial charge on any atom is 0.163 e. The van der Waals surface area contributed by atoms with Gasteiger partial charge in [-0.25, -0.2) is 9.97 Å². The zero-order valence-corrected chi connectivity index (χ0v) is 14.1. The fraction of sp³-hybridized carbons (Fsp3) is 0.286. The Morgan fingerprint density at radius 2 is 1.90 bits per heavy atom. The highest BCUT2D eigenvalue weighted by Crippen LogP contribution is 2.27. The minimum absolute atomic E-state index is 0.346. The summed E-state index contributed by atoms with van der Waals surface area (Å²) in [7, 11) is 3.25. The Morgan fingerprint density at radius 3 is 2.50 bits per heavy atom. The molecule has 0 N–H and O–H groups in total. The van der Waals surface area contributed by atoms with E-state index in [0.29, 0.717) is 17.6 Å². The first kappa shape index (κ1) is 15.6. The lowest BCUT2D eigenvalue weighted by molar-refractivity contribution is 0.127. The number of halogens is 2. The first-order chi connectivity index (χ1) is 9.67. The highest BCUT2D eigenvalue weighted by atomic mass is 127. The summed E-state index contributed by atoms with van der Waals surface area (Å²) in [6.07, 6.45) is -0.346. The molecule has 0 aliphatic heterocycles. The number of hydrogen-bond acceptors (Lipinski definition) is 4. The van der Waals surface area contributed by atoms with Crippen LogP contribution in [0.25, 0.3) is 0 Å². The van der Waals surface area contributed by atoms with Crippen molar-refractivity contribution in [1.82, 2.24) is 9.97 Å². The summed E-state index contributed by atoms with van der Waals surface area (Å²) in [5, 5.41) is 0.417. The van der Waals surface area contributed by atoms with E-state index in [1.807, 2.05) is 30.3 Å². The van der Waals surface area contributed by atoms with E-state index >= 15 is 0 Å². The van der Waals surface area contributed by atoms with Gasteiger partial charge < -0.3 is 9.47 Å². The van der Waals surface area contributed by atoms with Crippen molar-refractivity contribution < 1.29 is 9.47 Å². The average molecular weight is 405 g/mol. The van der Waals surface area contributed by atoms with Crippen molar-refractivity contribution >= 4 is 34.2 Å². The van der Waals surface area contributed by atoms with Crippen LogP contribution in [0.3, 0.4) is 0 Å². The number of ether oxygens (including phenoxy) is 2. The lowest BCUT2D eigenvalue weighted by atomic mass is 10.1. The van der Waals surface area contributed by atoms with Gasteiger partial charge in [-0.1, -0.05) is 41.9 Å². The quantitative estimate of drug-likeness (QED) is 0.564. The lowest BCUT2D eigenvalue weighted by Gasteiger charge is -2.16. The number of benzene rings is 1. The van der Waals surface area contributed by atoms with E-state index in [1.165, 1.54) is 0 Å². The van der Waals surface area contributed by atoms with Crippen molar-refractivity contribution in [2.45, 2.75) is 12.7 Å². The molecule has 1 aromatic carbocycles. The number of hydrogen-bond donors (Lipinski definition) is 0. The summed E-state index contributed by atoms with van der Waals surface area (Å²) < 4.78 is 11.5. The molecule has 2 rings (SSSR count). The number of nitrogens with zero attached hydrogens (tertiary/aromatic N) is 2. The molecule has 0 radical (unpaired) electrons. The second-order valence-electron chi connectivity index (χ2n) is 4.09. The Balaban J connectivity index is 2.45. The van der Waals surface area contributed by atoms with Gasteiger partial charge in [0, 0.05) is 14.2 Å². The molecule has 6 heteroatoms. The van der Waals surface area contributed by atoms with Gasteiger partial charge in [0.25, 0.3) is 0 Å². The van der Waals surface area contributed by atoms with Crippen molar-refractivity contribution in [2.24, 2.45) is 0 Å². The molecule has 1 atom stereocenters. The van der Waals surface area contributed by atoms with Crippen LogP contribution in [-0.4, -0.2) is 24.2 Å². The van der Waals surface area contributed by atoms with Crippen molar-refractivity contribution in [2.75, 3.05) is 14.2 Å². The molecule has 4 nitrogen and oxygen atoms in total. The zero-order chi connectivity index (χ0) is 14.5. The summed E-state index contributed by atoms with van der Waals surface area (Å²) >= 11 is 8.29. The van der Waals surface area contributed by atoms with E-state index < -0.39 is 0 Å². The Kier molecular flexibility index (Phi) is 5.71. The Labute approximate surface area is 136 Å². The zero-order valence-electron chi connectivity index (χ0n) is 11.1. The van der Waals surface area contributed by atoms with Crippen LogP contribution in [-0.2, 0) is 16.1 Å². The summed E-state index contributed by atoms with van der Waals surface area (Å²) in [6.45, 7) is 0.388. The van der Waals surface area contributed by atoms with Gasteiger partial charge in [0.15, 0.2) is 5.82 Å². The fourth-order valence-corrected chi connectivity index (χ4v) is 2.44. The predicted octanol–water partition coefficient (Wildman–Crippen LogP) is 3.62. The van der Waals surface area contributed by atoms with E-state index in [-0.39, 0.29) is 6.10 Å². The van der Waals surface area contributed by atoms with Gasteiger partial charge in [-0.3, -0.25) is 0 Å². The van der Waals surface area contributed by atoms with Gasteiger partial charge in [0.2, 0.25) is 0 Å². The van der Waals surface area contributed by atoms with E-state index in [9.17, 15) is 0 Å². The molecule has 1 aromatic heterocycles. The van der Waals surface area contributed by atoms with Gasteiger partial charge in [-0.05, 0) is 28.2 Å². The number of rotatable bonds is 5. The molecule has 0 aliphatic carbocycles. The maximum atomic E-state index is 6.17. The molecular weight excluding hydrogens is 391 g/mol. The van der Waals surface area contributed by atoms with Crippen LogP contribution < -0.4 is 0 Å². The summed E-state index contributed by atoms with van der Waals surface area (Å²) in [6, 6.07) is 9.80. The van der Waals surface area contributed by atoms with E-state index in [1.54, 1.807) is 14.2 Å². The van der Waals surface area contributed by atoms with Crippen LogP contribution in [0.1, 0.15) is 23.2 Å². The van der Waals surface area contributed by atoms with Gasteiger partial charge in [0.1, 0.15) is 11.3 Å². The highest BCUT2D eigenvalue weighted by molar-refractivity contribution is 14.1. The number of aromatic nitrogens is 2. The van der Waals surface area contributed by atoms with Gasteiger partial charge in [-0.15, -0.1) is 0 Å². The smallest absolute Gasteiger partial charge is 0.163 e. The molecule has 2 aromatic rings. The molecule has 0 saturated carbocycles. The average Bonchev–Trinajstić information content (AvgIpc) is 2.46. The highest BCUT2D eigenvalue weighted by Gasteiger charge is 2.20. The minimum atomic E-state index is -0.346. The molecule has 1 heterocycles. The lowest BCUT2D eigenvalue weighted by Crippen LogP contribution is -2.12. The first-order valence-corrected chi connectivity index (χ1v) is 7.41. The molecule has 0 amide bonds. The molecule has 0 spiro atoms. The monoisotopic (exact) mass is 404 g/mol. The van der Waals surface area contributed by atoms with Crippen molar-refractivity contribution in [1.29, 1.82) is 0 Å². The topological polar surface area (TPSA) is 44.2 Å². The van der Waals surface area contributed by atoms with Crippen LogP contribution in [0.5, 0.6) is 0 Å². The van der Waals surface area contributed by atoms with E-state index in [2.05, 4.69) is 32.6 Å². The largest absolute Gasteiger partial charge is 0.378 e. The maximum absolute atomic E-state index is 6.17. The van der Waals surface area contributed by atoms with E-state index in [4.69, 9.17) is 21.1 Å². The SMILES string of the molecule is COCc1nc(C(OC)c2ccccc2)nc(Cl)c1I. The Bertz CT molecular complexity index is 581. The van der Waals surface area contributed by atoms with Crippen LogP contribution in [0.4, 0.5) is 0 Å². The van der Waals surface area contributed by atoms with E-state index in [0.717, 1.165) is 14.8 Å². The van der Waals surface area contributed by atoms with Crippen LogP contribution >= 0.6 is 34.2 Å². The van der Waals surface area contributed by atoms with Crippen molar-refractivity contribution in [3.63, 3.8) is 0 Å². The fourth-order valence-electron chi connectivity index (χ4n) is 1.85. The molecule has 0 bridgehead atoms. The second kappa shape index (κ2) is 7.31. The summed E-state index contributed by atoms with van der Waals surface area (Å²) in [5.74, 6) is 0.538. The summed E-state index contributed by atoms with van der Waals surface area (Å²) in [4.78, 5) is 8.85. The second-order valence-corrected chi connectivity index (χ2v) is 5.53. The van der Waals surface area contributed by atoms with Crippen molar-refractivity contribution in [3.05, 3.63) is 56.1 Å². The first-order valence-electron chi connectivity index (χ1n) is 5.95. The van der Waals surface area contributed by atoms with Crippen LogP contribution in [0, 0.1) is 3.57 Å². The molecule has 0 aliphatic rings. The molecular formula is C14H14ClIN2O2. The van der Waals surface area contributed by atoms with Gasteiger partial charge >= 0.3 is 0 Å².